The van der Waals surface area contributed by atoms with Crippen LogP contribution >= 0.6 is 0 Å². The third-order valence-corrected chi connectivity index (χ3v) is 6.95. The van der Waals surface area contributed by atoms with E-state index in [1.54, 1.807) is 12.1 Å². The predicted octanol–water partition coefficient (Wildman–Crippen LogP) is 1.23. The molecule has 0 saturated carbocycles. The highest BCUT2D eigenvalue weighted by molar-refractivity contribution is 7.89. The van der Waals surface area contributed by atoms with Crippen LogP contribution in [0.2, 0.25) is 0 Å². The van der Waals surface area contributed by atoms with Crippen LogP contribution in [-0.4, -0.2) is 68.3 Å². The molecule has 0 spiro atoms. The molecule has 0 unspecified atom stereocenters. The van der Waals surface area contributed by atoms with Gasteiger partial charge in [0.15, 0.2) is 0 Å². The minimum absolute atomic E-state index is 0.00744. The first-order chi connectivity index (χ1) is 13.1. The maximum atomic E-state index is 12.8. The summed E-state index contributed by atoms with van der Waals surface area (Å²) in [6.45, 7) is 9.18. The van der Waals surface area contributed by atoms with Crippen LogP contribution in [0.15, 0.2) is 23.1 Å². The van der Waals surface area contributed by atoms with Gasteiger partial charge in [-0.15, -0.1) is 0 Å². The van der Waals surface area contributed by atoms with E-state index in [0.717, 1.165) is 17.5 Å². The second kappa shape index (κ2) is 9.49. The van der Waals surface area contributed by atoms with Crippen molar-refractivity contribution in [3.05, 3.63) is 29.3 Å². The Morgan fingerprint density at radius 3 is 2.32 bits per heavy atom. The second-order valence-electron chi connectivity index (χ2n) is 7.26. The number of rotatable bonds is 6. The minimum atomic E-state index is -3.55. The van der Waals surface area contributed by atoms with Crippen LogP contribution in [0.4, 0.5) is 4.79 Å². The molecule has 8 nitrogen and oxygen atoms in total. The van der Waals surface area contributed by atoms with Crippen LogP contribution in [0.3, 0.4) is 0 Å². The molecule has 1 aliphatic rings. The summed E-state index contributed by atoms with van der Waals surface area (Å²) < 4.78 is 27.1. The zero-order valence-corrected chi connectivity index (χ0v) is 17.8. The van der Waals surface area contributed by atoms with E-state index < -0.39 is 22.0 Å². The predicted molar refractivity (Wildman–Crippen MR) is 108 cm³/mol. The Kier molecular flexibility index (Phi) is 7.56. The monoisotopic (exact) mass is 410 g/mol. The van der Waals surface area contributed by atoms with Crippen molar-refractivity contribution in [2.75, 3.05) is 32.7 Å². The molecule has 0 aliphatic carbocycles. The summed E-state index contributed by atoms with van der Waals surface area (Å²) in [5, 5.41) is 4.98. The molecule has 1 aromatic rings. The Morgan fingerprint density at radius 1 is 1.11 bits per heavy atom. The number of amides is 3. The molecule has 2 rings (SSSR count). The van der Waals surface area contributed by atoms with Crippen LogP contribution < -0.4 is 10.6 Å². The molecule has 9 heteroatoms. The number of hydrogen-bond donors (Lipinski definition) is 2. The van der Waals surface area contributed by atoms with E-state index in [1.165, 1.54) is 4.31 Å². The van der Waals surface area contributed by atoms with Crippen LogP contribution in [0.5, 0.6) is 0 Å². The van der Waals surface area contributed by atoms with Crippen molar-refractivity contribution in [2.24, 2.45) is 0 Å². The van der Waals surface area contributed by atoms with Crippen LogP contribution in [0.25, 0.3) is 0 Å². The van der Waals surface area contributed by atoms with Crippen molar-refractivity contribution in [3.8, 4) is 0 Å². The van der Waals surface area contributed by atoms with Gasteiger partial charge >= 0.3 is 6.03 Å². The Labute approximate surface area is 167 Å². The van der Waals surface area contributed by atoms with Crippen LogP contribution in [0.1, 0.15) is 31.4 Å². The number of piperazine rings is 1. The van der Waals surface area contributed by atoms with Crippen molar-refractivity contribution >= 4 is 22.0 Å². The number of benzene rings is 1. The quantitative estimate of drug-likeness (QED) is 0.735. The number of nitrogens with one attached hydrogen (secondary N) is 2. The molecule has 0 aromatic heterocycles. The Hall–Kier alpha value is -1.97. The topological polar surface area (TPSA) is 98.8 Å². The average Bonchev–Trinajstić information content (AvgIpc) is 2.63. The standard InChI is InChI=1S/C19H30N4O4S/c1-5-16(4)20-19(25)21-18(24)13-22-8-10-23(11-9-22)28(26,27)17-7-6-14(2)15(3)12-17/h6-7,12,16H,5,8-11,13H2,1-4H3,(H2,20,21,24,25)/t16-/m0/s1. The molecule has 1 aliphatic heterocycles. The SMILES string of the molecule is CC[C@H](C)NC(=O)NC(=O)CN1CCN(S(=O)(=O)c2ccc(C)c(C)c2)CC1. The number of carbonyl (C=O) groups is 2. The van der Waals surface area contributed by atoms with Gasteiger partial charge in [0.25, 0.3) is 0 Å². The summed E-state index contributed by atoms with van der Waals surface area (Å²) in [5.41, 5.74) is 1.99. The third-order valence-electron chi connectivity index (χ3n) is 5.06. The van der Waals surface area contributed by atoms with E-state index in [2.05, 4.69) is 10.6 Å². The van der Waals surface area contributed by atoms with E-state index in [9.17, 15) is 18.0 Å². The summed E-state index contributed by atoms with van der Waals surface area (Å²) in [6, 6.07) is 4.63. The van der Waals surface area contributed by atoms with Gasteiger partial charge in [0.05, 0.1) is 11.4 Å². The number of carbonyl (C=O) groups excluding carboxylic acids is 2. The molecule has 1 fully saturated rings. The van der Waals surface area contributed by atoms with Gasteiger partial charge in [-0.05, 0) is 50.5 Å². The maximum absolute atomic E-state index is 12.8. The lowest BCUT2D eigenvalue weighted by Crippen LogP contribution is -2.52. The summed E-state index contributed by atoms with van der Waals surface area (Å²) in [4.78, 5) is 25.9. The van der Waals surface area contributed by atoms with Crippen molar-refractivity contribution in [2.45, 2.75) is 45.1 Å². The van der Waals surface area contributed by atoms with Gasteiger partial charge in [-0.2, -0.15) is 4.31 Å². The molecule has 1 heterocycles. The van der Waals surface area contributed by atoms with Crippen molar-refractivity contribution in [3.63, 3.8) is 0 Å². The fourth-order valence-electron chi connectivity index (χ4n) is 2.88. The number of hydrogen-bond acceptors (Lipinski definition) is 5. The average molecular weight is 411 g/mol. The third kappa shape index (κ3) is 5.76. The second-order valence-corrected chi connectivity index (χ2v) is 9.20. The van der Waals surface area contributed by atoms with E-state index in [1.807, 2.05) is 38.7 Å². The van der Waals surface area contributed by atoms with Gasteiger partial charge in [0.2, 0.25) is 15.9 Å². The number of nitrogens with zero attached hydrogens (tertiary/aromatic N) is 2. The zero-order chi connectivity index (χ0) is 20.9. The van der Waals surface area contributed by atoms with Gasteiger partial charge in [0, 0.05) is 32.2 Å². The van der Waals surface area contributed by atoms with E-state index in [-0.39, 0.29) is 12.6 Å². The molecule has 2 N–H and O–H groups in total. The van der Waals surface area contributed by atoms with Gasteiger partial charge in [-0.1, -0.05) is 13.0 Å². The highest BCUT2D eigenvalue weighted by atomic mass is 32.2. The van der Waals surface area contributed by atoms with E-state index in [4.69, 9.17) is 0 Å². The number of sulfonamides is 1. The Bertz CT molecular complexity index is 817. The van der Waals surface area contributed by atoms with Crippen molar-refractivity contribution in [1.82, 2.24) is 19.8 Å². The lowest BCUT2D eigenvalue weighted by molar-refractivity contribution is -0.121. The fraction of sp³-hybridized carbons (Fsp3) is 0.579. The molecule has 156 valence electrons. The summed E-state index contributed by atoms with van der Waals surface area (Å²) >= 11 is 0. The van der Waals surface area contributed by atoms with Gasteiger partial charge < -0.3 is 5.32 Å². The highest BCUT2D eigenvalue weighted by Crippen LogP contribution is 2.20. The molecule has 0 bridgehead atoms. The molecular weight excluding hydrogens is 380 g/mol. The molecule has 1 aromatic carbocycles. The molecule has 3 amide bonds. The smallest absolute Gasteiger partial charge is 0.321 e. The molecule has 28 heavy (non-hydrogen) atoms. The van der Waals surface area contributed by atoms with Crippen molar-refractivity contribution in [1.29, 1.82) is 0 Å². The number of urea groups is 1. The summed E-state index contributed by atoms with van der Waals surface area (Å²) in [7, 11) is -3.55. The molecule has 1 saturated heterocycles. The van der Waals surface area contributed by atoms with Crippen LogP contribution in [0, 0.1) is 13.8 Å². The lowest BCUT2D eigenvalue weighted by Gasteiger charge is -2.33. The molecule has 0 radical (unpaired) electrons. The van der Waals surface area contributed by atoms with Crippen molar-refractivity contribution < 1.29 is 18.0 Å². The molecule has 1 atom stereocenters. The lowest BCUT2D eigenvalue weighted by atomic mass is 10.1. The summed E-state index contributed by atoms with van der Waals surface area (Å²) in [6.07, 6.45) is 0.776. The fourth-order valence-corrected chi connectivity index (χ4v) is 4.39. The Morgan fingerprint density at radius 2 is 1.75 bits per heavy atom. The van der Waals surface area contributed by atoms with E-state index >= 15 is 0 Å². The number of imide groups is 1. The van der Waals surface area contributed by atoms with Gasteiger partial charge in [-0.3, -0.25) is 15.0 Å². The van der Waals surface area contributed by atoms with E-state index in [0.29, 0.717) is 31.1 Å². The van der Waals surface area contributed by atoms with Crippen LogP contribution in [-0.2, 0) is 14.8 Å². The zero-order valence-electron chi connectivity index (χ0n) is 17.0. The maximum Gasteiger partial charge on any atom is 0.321 e. The van der Waals surface area contributed by atoms with Gasteiger partial charge in [-0.25, -0.2) is 13.2 Å². The highest BCUT2D eigenvalue weighted by Gasteiger charge is 2.29. The largest absolute Gasteiger partial charge is 0.335 e. The number of aryl methyl sites for hydroxylation is 2. The normalized spacial score (nSPS) is 17.1. The summed E-state index contributed by atoms with van der Waals surface area (Å²) in [5.74, 6) is -0.397. The van der Waals surface area contributed by atoms with Gasteiger partial charge in [0.1, 0.15) is 0 Å². The molecular formula is C19H30N4O4S. The Balaban J connectivity index is 1.87. The first kappa shape index (κ1) is 22.3. The first-order valence-electron chi connectivity index (χ1n) is 9.53. The first-order valence-corrected chi connectivity index (χ1v) is 11.0. The minimum Gasteiger partial charge on any atom is -0.335 e.